The highest BCUT2D eigenvalue weighted by Crippen LogP contribution is 2.13. The minimum absolute atomic E-state index is 0.0316. The summed E-state index contributed by atoms with van der Waals surface area (Å²) in [4.78, 5) is 24.8. The van der Waals surface area contributed by atoms with Gasteiger partial charge in [-0.25, -0.2) is 0 Å². The second-order valence-corrected chi connectivity index (χ2v) is 4.84. The highest BCUT2D eigenvalue weighted by molar-refractivity contribution is 5.96. The summed E-state index contributed by atoms with van der Waals surface area (Å²) < 4.78 is 0. The van der Waals surface area contributed by atoms with E-state index in [9.17, 15) is 9.59 Å². The molecule has 1 aromatic rings. The zero-order chi connectivity index (χ0) is 13.7. The first-order valence-corrected chi connectivity index (χ1v) is 6.03. The molecular weight excluding hydrogens is 228 g/mol. The van der Waals surface area contributed by atoms with Gasteiger partial charge >= 0.3 is 0 Å². The molecule has 0 aliphatic carbocycles. The summed E-state index contributed by atoms with van der Waals surface area (Å²) in [6.45, 7) is 6.29. The molecule has 4 heteroatoms. The Bertz CT molecular complexity index is 441. The van der Waals surface area contributed by atoms with Crippen molar-refractivity contribution in [1.82, 2.24) is 4.90 Å². The van der Waals surface area contributed by atoms with Gasteiger partial charge in [-0.3, -0.25) is 9.59 Å². The fourth-order valence-electron chi connectivity index (χ4n) is 1.78. The molecule has 0 fully saturated rings. The third-order valence-electron chi connectivity index (χ3n) is 2.42. The molecule has 0 aromatic heterocycles. The monoisotopic (exact) mass is 248 g/mol. The van der Waals surface area contributed by atoms with Crippen LogP contribution in [-0.4, -0.2) is 30.3 Å². The molecule has 0 aliphatic heterocycles. The molecule has 0 aliphatic rings. The van der Waals surface area contributed by atoms with Crippen LogP contribution in [0.1, 0.15) is 31.1 Å². The zero-order valence-corrected chi connectivity index (χ0v) is 11.4. The van der Waals surface area contributed by atoms with Crippen molar-refractivity contribution < 1.29 is 9.59 Å². The van der Waals surface area contributed by atoms with E-state index >= 15 is 0 Å². The molecule has 0 saturated heterocycles. The van der Waals surface area contributed by atoms with Gasteiger partial charge in [0.05, 0.1) is 0 Å². The lowest BCUT2D eigenvalue weighted by Gasteiger charge is -2.19. The first-order valence-electron chi connectivity index (χ1n) is 6.03. The SMILES string of the molecule is CC(=O)Nc1cccc(C(=O)N(C)CC(C)C)c1. The molecule has 18 heavy (non-hydrogen) atoms. The van der Waals surface area contributed by atoms with Gasteiger partial charge in [0.1, 0.15) is 0 Å². The van der Waals surface area contributed by atoms with Gasteiger partial charge in [0, 0.05) is 31.8 Å². The fraction of sp³-hybridized carbons (Fsp3) is 0.429. The van der Waals surface area contributed by atoms with E-state index in [2.05, 4.69) is 19.2 Å². The van der Waals surface area contributed by atoms with Gasteiger partial charge in [0.15, 0.2) is 0 Å². The van der Waals surface area contributed by atoms with Gasteiger partial charge in [0.2, 0.25) is 5.91 Å². The van der Waals surface area contributed by atoms with Crippen molar-refractivity contribution in [3.05, 3.63) is 29.8 Å². The smallest absolute Gasteiger partial charge is 0.253 e. The Hall–Kier alpha value is -1.84. The van der Waals surface area contributed by atoms with Gasteiger partial charge < -0.3 is 10.2 Å². The number of anilines is 1. The Morgan fingerprint density at radius 2 is 2.00 bits per heavy atom. The maximum atomic E-state index is 12.1. The molecule has 0 spiro atoms. The average molecular weight is 248 g/mol. The van der Waals surface area contributed by atoms with Crippen LogP contribution in [0.25, 0.3) is 0 Å². The van der Waals surface area contributed by atoms with Crippen LogP contribution in [0.15, 0.2) is 24.3 Å². The van der Waals surface area contributed by atoms with E-state index in [0.717, 1.165) is 0 Å². The number of nitrogens with one attached hydrogen (secondary N) is 1. The van der Waals surface area contributed by atoms with Gasteiger partial charge in [-0.15, -0.1) is 0 Å². The van der Waals surface area contributed by atoms with Gasteiger partial charge in [-0.1, -0.05) is 19.9 Å². The molecule has 0 heterocycles. The van der Waals surface area contributed by atoms with Crippen LogP contribution in [0.4, 0.5) is 5.69 Å². The lowest BCUT2D eigenvalue weighted by Crippen LogP contribution is -2.30. The number of carbonyl (C=O) groups is 2. The predicted molar refractivity (Wildman–Crippen MR) is 72.5 cm³/mol. The van der Waals surface area contributed by atoms with E-state index < -0.39 is 0 Å². The molecule has 1 N–H and O–H groups in total. The summed E-state index contributed by atoms with van der Waals surface area (Å²) in [7, 11) is 1.79. The molecule has 4 nitrogen and oxygen atoms in total. The summed E-state index contributed by atoms with van der Waals surface area (Å²) in [6.07, 6.45) is 0. The standard InChI is InChI=1S/C14H20N2O2/c1-10(2)9-16(4)14(18)12-6-5-7-13(8-12)15-11(3)17/h5-8,10H,9H2,1-4H3,(H,15,17). The molecule has 2 amide bonds. The van der Waals surface area contributed by atoms with Gasteiger partial charge in [0.25, 0.3) is 5.91 Å². The second-order valence-electron chi connectivity index (χ2n) is 4.84. The van der Waals surface area contributed by atoms with E-state index in [1.165, 1.54) is 6.92 Å². The van der Waals surface area contributed by atoms with Crippen LogP contribution < -0.4 is 5.32 Å². The first-order chi connectivity index (χ1) is 8.40. The molecule has 0 unspecified atom stereocenters. The van der Waals surface area contributed by atoms with Crippen molar-refractivity contribution in [2.45, 2.75) is 20.8 Å². The van der Waals surface area contributed by atoms with E-state index in [4.69, 9.17) is 0 Å². The largest absolute Gasteiger partial charge is 0.341 e. The lowest BCUT2D eigenvalue weighted by molar-refractivity contribution is -0.114. The van der Waals surface area contributed by atoms with Crippen molar-refractivity contribution in [3.8, 4) is 0 Å². The third kappa shape index (κ3) is 4.20. The minimum atomic E-state index is -0.143. The molecule has 0 atom stereocenters. The maximum absolute atomic E-state index is 12.1. The van der Waals surface area contributed by atoms with E-state index in [1.54, 1.807) is 36.2 Å². The van der Waals surface area contributed by atoms with Crippen molar-refractivity contribution in [3.63, 3.8) is 0 Å². The number of hydrogen-bond acceptors (Lipinski definition) is 2. The number of benzene rings is 1. The highest BCUT2D eigenvalue weighted by atomic mass is 16.2. The van der Waals surface area contributed by atoms with Gasteiger partial charge in [-0.05, 0) is 24.1 Å². The second kappa shape index (κ2) is 6.19. The molecule has 1 aromatic carbocycles. The summed E-state index contributed by atoms with van der Waals surface area (Å²) in [5.41, 5.74) is 1.23. The third-order valence-corrected chi connectivity index (χ3v) is 2.42. The zero-order valence-electron chi connectivity index (χ0n) is 11.4. The Kier molecular flexibility index (Phi) is 4.89. The molecular formula is C14H20N2O2. The summed E-state index contributed by atoms with van der Waals surface area (Å²) >= 11 is 0. The summed E-state index contributed by atoms with van der Waals surface area (Å²) in [6, 6.07) is 6.98. The van der Waals surface area contributed by atoms with Crippen LogP contribution >= 0.6 is 0 Å². The van der Waals surface area contributed by atoms with Crippen LogP contribution in [0.2, 0.25) is 0 Å². The number of rotatable bonds is 4. The van der Waals surface area contributed by atoms with Crippen LogP contribution in [-0.2, 0) is 4.79 Å². The van der Waals surface area contributed by atoms with Crippen molar-refractivity contribution in [1.29, 1.82) is 0 Å². The Morgan fingerprint density at radius 1 is 1.33 bits per heavy atom. The van der Waals surface area contributed by atoms with Crippen LogP contribution in [0.5, 0.6) is 0 Å². The Morgan fingerprint density at radius 3 is 2.56 bits per heavy atom. The van der Waals surface area contributed by atoms with Crippen molar-refractivity contribution in [2.24, 2.45) is 5.92 Å². The number of amides is 2. The molecule has 0 bridgehead atoms. The molecule has 0 saturated carbocycles. The Balaban J connectivity index is 2.82. The highest BCUT2D eigenvalue weighted by Gasteiger charge is 2.13. The van der Waals surface area contributed by atoms with Gasteiger partial charge in [-0.2, -0.15) is 0 Å². The summed E-state index contributed by atoms with van der Waals surface area (Å²) in [5, 5.41) is 2.67. The minimum Gasteiger partial charge on any atom is -0.341 e. The number of carbonyl (C=O) groups excluding carboxylic acids is 2. The molecule has 98 valence electrons. The lowest BCUT2D eigenvalue weighted by atomic mass is 10.1. The van der Waals surface area contributed by atoms with E-state index in [1.807, 2.05) is 0 Å². The average Bonchev–Trinajstić information content (AvgIpc) is 2.26. The van der Waals surface area contributed by atoms with E-state index in [0.29, 0.717) is 23.7 Å². The van der Waals surface area contributed by atoms with Crippen molar-refractivity contribution >= 4 is 17.5 Å². The number of nitrogens with zero attached hydrogens (tertiary/aromatic N) is 1. The Labute approximate surface area is 108 Å². The fourth-order valence-corrected chi connectivity index (χ4v) is 1.78. The molecule has 1 rings (SSSR count). The maximum Gasteiger partial charge on any atom is 0.253 e. The summed E-state index contributed by atoms with van der Waals surface area (Å²) in [5.74, 6) is 0.253. The quantitative estimate of drug-likeness (QED) is 0.889. The topological polar surface area (TPSA) is 49.4 Å². The van der Waals surface area contributed by atoms with E-state index in [-0.39, 0.29) is 11.8 Å². The predicted octanol–water partition coefficient (Wildman–Crippen LogP) is 2.37. The first kappa shape index (κ1) is 14.2. The normalized spacial score (nSPS) is 10.3. The number of hydrogen-bond donors (Lipinski definition) is 1. The van der Waals surface area contributed by atoms with Crippen molar-refractivity contribution in [2.75, 3.05) is 18.9 Å². The van der Waals surface area contributed by atoms with Crippen LogP contribution in [0, 0.1) is 5.92 Å². The molecule has 0 radical (unpaired) electrons. The van der Waals surface area contributed by atoms with Crippen LogP contribution in [0.3, 0.4) is 0 Å².